The molecule has 8 heteroatoms. The van der Waals surface area contributed by atoms with Crippen molar-refractivity contribution in [3.05, 3.63) is 63.4 Å². The molecule has 1 aliphatic rings. The highest BCUT2D eigenvalue weighted by atomic mass is 127. The number of carbonyl (C=O) groups excluding carboxylic acids is 1. The summed E-state index contributed by atoms with van der Waals surface area (Å²) in [5.74, 6) is -0.122. The first-order valence-corrected chi connectivity index (χ1v) is 13.6. The van der Waals surface area contributed by atoms with Gasteiger partial charge in [0.2, 0.25) is 0 Å². The summed E-state index contributed by atoms with van der Waals surface area (Å²) < 4.78 is 35.9. The lowest BCUT2D eigenvalue weighted by molar-refractivity contribution is 0.0197. The summed E-state index contributed by atoms with van der Waals surface area (Å²) in [5.41, 5.74) is 1.77. The molecule has 0 saturated carbocycles. The van der Waals surface area contributed by atoms with E-state index >= 15 is 0 Å². The van der Waals surface area contributed by atoms with Crippen molar-refractivity contribution in [2.45, 2.75) is 57.0 Å². The zero-order chi connectivity index (χ0) is 24.0. The molecule has 0 bridgehead atoms. The summed E-state index contributed by atoms with van der Waals surface area (Å²) in [7, 11) is -3.84. The van der Waals surface area contributed by atoms with Crippen LogP contribution in [0.3, 0.4) is 0 Å². The number of para-hydroxylation sites is 1. The van der Waals surface area contributed by atoms with Crippen molar-refractivity contribution in [2.24, 2.45) is 0 Å². The minimum Gasteiger partial charge on any atom is -0.444 e. The van der Waals surface area contributed by atoms with E-state index in [1.807, 2.05) is 52.0 Å². The summed E-state index contributed by atoms with van der Waals surface area (Å²) in [5, 5.41) is 0.916. The van der Waals surface area contributed by atoms with Gasteiger partial charge in [0, 0.05) is 28.0 Å². The monoisotopic (exact) mass is 580 g/mol. The van der Waals surface area contributed by atoms with Crippen molar-refractivity contribution >= 4 is 49.6 Å². The second-order valence-corrected chi connectivity index (χ2v) is 12.4. The molecule has 1 aliphatic heterocycles. The minimum absolute atomic E-state index is 0.122. The van der Waals surface area contributed by atoms with E-state index in [0.717, 1.165) is 33.1 Å². The molecule has 1 saturated heterocycles. The molecule has 2 aromatic carbocycles. The standard InChI is InChI=1S/C25H29IN2O4S/c1-17-10-8-14-20-21(26)23(18-11-9-15-27(16-18)24(29)32-25(2,3)4)28(22(17)20)33(30,31)19-12-6-5-7-13-19/h5-8,10,12-14,18H,9,11,15-16H2,1-4H3. The van der Waals surface area contributed by atoms with Gasteiger partial charge < -0.3 is 9.64 Å². The average molecular weight is 580 g/mol. The summed E-state index contributed by atoms with van der Waals surface area (Å²) >= 11 is 2.26. The van der Waals surface area contributed by atoms with Crippen LogP contribution in [0.15, 0.2) is 53.4 Å². The number of aryl methyl sites for hydroxylation is 1. The molecule has 2 heterocycles. The Morgan fingerprint density at radius 2 is 1.79 bits per heavy atom. The summed E-state index contributed by atoms with van der Waals surface area (Å²) in [4.78, 5) is 14.7. The van der Waals surface area contributed by atoms with Gasteiger partial charge in [-0.1, -0.05) is 36.4 Å². The second kappa shape index (κ2) is 8.94. The molecule has 33 heavy (non-hydrogen) atoms. The maximum absolute atomic E-state index is 13.9. The maximum atomic E-state index is 13.9. The van der Waals surface area contributed by atoms with Gasteiger partial charge in [0.15, 0.2) is 0 Å². The number of rotatable bonds is 3. The molecular weight excluding hydrogens is 551 g/mol. The van der Waals surface area contributed by atoms with Crippen molar-refractivity contribution in [1.29, 1.82) is 0 Å². The number of fused-ring (bicyclic) bond motifs is 1. The lowest BCUT2D eigenvalue weighted by atomic mass is 9.95. The number of halogens is 1. The Balaban J connectivity index is 1.86. The highest BCUT2D eigenvalue weighted by molar-refractivity contribution is 14.1. The van der Waals surface area contributed by atoms with Crippen LogP contribution in [0.25, 0.3) is 10.9 Å². The van der Waals surface area contributed by atoms with Gasteiger partial charge in [-0.3, -0.25) is 0 Å². The average Bonchev–Trinajstić information content (AvgIpc) is 3.08. The van der Waals surface area contributed by atoms with Crippen LogP contribution in [0.1, 0.15) is 50.8 Å². The highest BCUT2D eigenvalue weighted by Gasteiger charge is 2.35. The lowest BCUT2D eigenvalue weighted by Crippen LogP contribution is -2.42. The number of piperidine rings is 1. The number of hydrogen-bond acceptors (Lipinski definition) is 4. The molecule has 3 aromatic rings. The van der Waals surface area contributed by atoms with Crippen LogP contribution in [0.5, 0.6) is 0 Å². The molecule has 6 nitrogen and oxygen atoms in total. The van der Waals surface area contributed by atoms with Crippen molar-refractivity contribution in [1.82, 2.24) is 8.87 Å². The molecule has 0 N–H and O–H groups in total. The Labute approximate surface area is 209 Å². The van der Waals surface area contributed by atoms with Crippen LogP contribution in [0.4, 0.5) is 4.79 Å². The van der Waals surface area contributed by atoms with Gasteiger partial charge in [-0.15, -0.1) is 0 Å². The van der Waals surface area contributed by atoms with Crippen LogP contribution < -0.4 is 0 Å². The maximum Gasteiger partial charge on any atom is 0.410 e. The van der Waals surface area contributed by atoms with E-state index in [4.69, 9.17) is 4.74 Å². The molecular formula is C25H29IN2O4S. The van der Waals surface area contributed by atoms with E-state index in [2.05, 4.69) is 22.6 Å². The largest absolute Gasteiger partial charge is 0.444 e. The fraction of sp³-hybridized carbons (Fsp3) is 0.400. The quantitative estimate of drug-likeness (QED) is 0.362. The second-order valence-electron chi connectivity index (χ2n) is 9.52. The zero-order valence-electron chi connectivity index (χ0n) is 19.3. The van der Waals surface area contributed by atoms with Crippen LogP contribution in [0, 0.1) is 10.5 Å². The number of ether oxygens (including phenoxy) is 1. The van der Waals surface area contributed by atoms with Crippen LogP contribution in [-0.4, -0.2) is 42.1 Å². The van der Waals surface area contributed by atoms with Crippen molar-refractivity contribution in [2.75, 3.05) is 13.1 Å². The third-order valence-corrected chi connectivity index (χ3v) is 8.72. The van der Waals surface area contributed by atoms with Gasteiger partial charge in [-0.2, -0.15) is 0 Å². The van der Waals surface area contributed by atoms with Crippen LogP contribution >= 0.6 is 22.6 Å². The third-order valence-electron chi connectivity index (χ3n) is 5.86. The van der Waals surface area contributed by atoms with Gasteiger partial charge in [-0.05, 0) is 80.8 Å². The molecule has 1 aromatic heterocycles. The summed E-state index contributed by atoms with van der Waals surface area (Å²) in [6.07, 6.45) is 1.23. The SMILES string of the molecule is Cc1cccc2c(I)c(C3CCCN(C(=O)OC(C)(C)C)C3)n(S(=O)(=O)c3ccccc3)c12. The van der Waals surface area contributed by atoms with E-state index < -0.39 is 15.6 Å². The van der Waals surface area contributed by atoms with E-state index in [9.17, 15) is 13.2 Å². The fourth-order valence-electron chi connectivity index (χ4n) is 4.44. The smallest absolute Gasteiger partial charge is 0.410 e. The van der Waals surface area contributed by atoms with Crippen molar-refractivity contribution in [3.63, 3.8) is 0 Å². The van der Waals surface area contributed by atoms with Gasteiger partial charge >= 0.3 is 6.09 Å². The summed E-state index contributed by atoms with van der Waals surface area (Å²) in [6.45, 7) is 8.51. The number of likely N-dealkylation sites (tertiary alicyclic amines) is 1. The van der Waals surface area contributed by atoms with Crippen LogP contribution in [-0.2, 0) is 14.8 Å². The van der Waals surface area contributed by atoms with E-state index in [0.29, 0.717) is 18.6 Å². The fourth-order valence-corrected chi connectivity index (χ4v) is 7.41. The summed E-state index contributed by atoms with van der Waals surface area (Å²) in [6, 6.07) is 14.4. The zero-order valence-corrected chi connectivity index (χ0v) is 22.3. The van der Waals surface area contributed by atoms with Gasteiger partial charge in [0.1, 0.15) is 5.60 Å². The predicted octanol–water partition coefficient (Wildman–Crippen LogP) is 5.91. The number of carbonyl (C=O) groups is 1. The Bertz CT molecular complexity index is 1290. The molecule has 1 amide bonds. The van der Waals surface area contributed by atoms with Crippen molar-refractivity contribution < 1.29 is 17.9 Å². The third kappa shape index (κ3) is 4.64. The molecule has 0 radical (unpaired) electrons. The Morgan fingerprint density at radius 1 is 1.09 bits per heavy atom. The number of aromatic nitrogens is 1. The molecule has 176 valence electrons. The molecule has 1 fully saturated rings. The number of amides is 1. The Morgan fingerprint density at radius 3 is 2.45 bits per heavy atom. The predicted molar refractivity (Wildman–Crippen MR) is 138 cm³/mol. The number of nitrogens with zero attached hydrogens (tertiary/aromatic N) is 2. The van der Waals surface area contributed by atoms with Crippen molar-refractivity contribution in [3.8, 4) is 0 Å². The van der Waals surface area contributed by atoms with Gasteiger partial charge in [0.25, 0.3) is 10.0 Å². The molecule has 1 unspecified atom stereocenters. The first kappa shape index (κ1) is 24.1. The first-order chi connectivity index (χ1) is 15.5. The van der Waals surface area contributed by atoms with Gasteiger partial charge in [0.05, 0.1) is 16.1 Å². The Hall–Kier alpha value is -2.07. The van der Waals surface area contributed by atoms with E-state index in [1.165, 1.54) is 3.97 Å². The Kier molecular flexibility index (Phi) is 6.52. The topological polar surface area (TPSA) is 68.6 Å². The lowest BCUT2D eigenvalue weighted by Gasteiger charge is -2.34. The van der Waals surface area contributed by atoms with Crippen LogP contribution in [0.2, 0.25) is 0 Å². The highest BCUT2D eigenvalue weighted by Crippen LogP contribution is 2.40. The van der Waals surface area contributed by atoms with Gasteiger partial charge in [-0.25, -0.2) is 17.2 Å². The molecule has 0 spiro atoms. The minimum atomic E-state index is -3.84. The number of hydrogen-bond donors (Lipinski definition) is 0. The van der Waals surface area contributed by atoms with E-state index in [1.54, 1.807) is 29.2 Å². The normalized spacial score (nSPS) is 17.4. The first-order valence-electron chi connectivity index (χ1n) is 11.1. The molecule has 0 aliphatic carbocycles. The number of benzene rings is 2. The molecule has 4 rings (SSSR count). The molecule has 1 atom stereocenters. The van der Waals surface area contributed by atoms with E-state index in [-0.39, 0.29) is 16.9 Å².